The monoisotopic (exact) mass is 433 g/mol. The van der Waals surface area contributed by atoms with Crippen LogP contribution in [0.3, 0.4) is 0 Å². The summed E-state index contributed by atoms with van der Waals surface area (Å²) in [5.74, 6) is -0.132. The largest absolute Gasteiger partial charge is 0.316 e. The molecule has 150 valence electrons. The zero-order valence-corrected chi connectivity index (χ0v) is 18.0. The van der Waals surface area contributed by atoms with E-state index in [1.165, 1.54) is 16.6 Å². The first-order valence-corrected chi connectivity index (χ1v) is 11.6. The molecule has 4 aromatic rings. The molecule has 30 heavy (non-hydrogen) atoms. The summed E-state index contributed by atoms with van der Waals surface area (Å²) < 4.78 is 1.98. The highest BCUT2D eigenvalue weighted by Gasteiger charge is 2.24. The molecule has 0 saturated heterocycles. The number of carbonyl (C=O) groups excluding carboxylic acids is 1. The molecular formula is C22H19N5OS2. The molecule has 1 aliphatic rings. The maximum atomic E-state index is 12.9. The van der Waals surface area contributed by atoms with Crippen molar-refractivity contribution in [2.24, 2.45) is 0 Å². The molecule has 5 rings (SSSR count). The van der Waals surface area contributed by atoms with Crippen molar-refractivity contribution < 1.29 is 4.79 Å². The Hall–Kier alpha value is -2.89. The number of para-hydroxylation sites is 1. The average Bonchev–Trinajstić information content (AvgIpc) is 3.34. The predicted octanol–water partition coefficient (Wildman–Crippen LogP) is 4.81. The number of anilines is 1. The van der Waals surface area contributed by atoms with Crippen LogP contribution in [0.25, 0.3) is 16.6 Å². The van der Waals surface area contributed by atoms with Gasteiger partial charge in [-0.1, -0.05) is 30.0 Å². The van der Waals surface area contributed by atoms with Crippen LogP contribution in [0.5, 0.6) is 0 Å². The Kier molecular flexibility index (Phi) is 4.93. The van der Waals surface area contributed by atoms with Crippen LogP contribution in [-0.4, -0.2) is 25.8 Å². The second-order valence-electron chi connectivity index (χ2n) is 7.34. The van der Waals surface area contributed by atoms with Crippen molar-refractivity contribution >= 4 is 50.6 Å². The molecule has 1 unspecified atom stereocenters. The predicted molar refractivity (Wildman–Crippen MR) is 120 cm³/mol. The number of rotatable bonds is 4. The van der Waals surface area contributed by atoms with Gasteiger partial charge in [-0.15, -0.1) is 21.5 Å². The molecule has 0 spiro atoms. The van der Waals surface area contributed by atoms with Gasteiger partial charge in [0.1, 0.15) is 11.1 Å². The summed E-state index contributed by atoms with van der Waals surface area (Å²) in [7, 11) is 0. The van der Waals surface area contributed by atoms with Crippen molar-refractivity contribution in [3.8, 4) is 6.07 Å². The van der Waals surface area contributed by atoms with Gasteiger partial charge in [0.25, 0.3) is 0 Å². The van der Waals surface area contributed by atoms with E-state index in [4.69, 9.17) is 0 Å². The molecule has 1 N–H and O–H groups in total. The molecular weight excluding hydrogens is 414 g/mol. The van der Waals surface area contributed by atoms with E-state index in [-0.39, 0.29) is 11.2 Å². The first-order valence-electron chi connectivity index (χ1n) is 9.91. The van der Waals surface area contributed by atoms with Crippen molar-refractivity contribution in [1.29, 1.82) is 5.26 Å². The number of nitrogens with zero attached hydrogens (tertiary/aromatic N) is 4. The lowest BCUT2D eigenvalue weighted by atomic mass is 9.96. The average molecular weight is 434 g/mol. The van der Waals surface area contributed by atoms with E-state index in [1.54, 1.807) is 11.3 Å². The number of thiophene rings is 1. The summed E-state index contributed by atoms with van der Waals surface area (Å²) in [5.41, 5.74) is 3.52. The van der Waals surface area contributed by atoms with Gasteiger partial charge in [-0.05, 0) is 61.8 Å². The molecule has 3 heterocycles. The van der Waals surface area contributed by atoms with E-state index >= 15 is 0 Å². The summed E-state index contributed by atoms with van der Waals surface area (Å²) >= 11 is 2.92. The molecule has 1 atom stereocenters. The van der Waals surface area contributed by atoms with Gasteiger partial charge in [0.05, 0.1) is 16.3 Å². The molecule has 8 heteroatoms. The first kappa shape index (κ1) is 19.1. The highest BCUT2D eigenvalue weighted by Crippen LogP contribution is 2.38. The van der Waals surface area contributed by atoms with Crippen molar-refractivity contribution in [3.63, 3.8) is 0 Å². The lowest BCUT2D eigenvalue weighted by molar-refractivity contribution is -0.115. The van der Waals surface area contributed by atoms with Crippen LogP contribution in [0.1, 0.15) is 35.8 Å². The van der Waals surface area contributed by atoms with E-state index < -0.39 is 0 Å². The third-order valence-electron chi connectivity index (χ3n) is 5.42. The molecule has 1 amide bonds. The molecule has 0 saturated carbocycles. The normalized spacial score (nSPS) is 14.4. The number of nitrogens with one attached hydrogen (secondary N) is 1. The number of carbonyl (C=O) groups is 1. The number of nitriles is 1. The number of amides is 1. The summed E-state index contributed by atoms with van der Waals surface area (Å²) in [6, 6.07) is 14.3. The molecule has 0 fully saturated rings. The quantitative estimate of drug-likeness (QED) is 0.467. The van der Waals surface area contributed by atoms with Crippen LogP contribution in [0.2, 0.25) is 0 Å². The number of thioether (sulfide) groups is 1. The van der Waals surface area contributed by atoms with Gasteiger partial charge in [0.15, 0.2) is 10.8 Å². The van der Waals surface area contributed by atoms with Gasteiger partial charge >= 0.3 is 0 Å². The maximum Gasteiger partial charge on any atom is 0.238 e. The Bertz CT molecular complexity index is 1320. The number of aryl methyl sites for hydroxylation is 1. The summed E-state index contributed by atoms with van der Waals surface area (Å²) in [4.78, 5) is 14.2. The number of benzene rings is 1. The van der Waals surface area contributed by atoms with Crippen LogP contribution in [-0.2, 0) is 17.6 Å². The third-order valence-corrected chi connectivity index (χ3v) is 7.67. The van der Waals surface area contributed by atoms with Crippen LogP contribution in [0.4, 0.5) is 5.00 Å². The van der Waals surface area contributed by atoms with Crippen LogP contribution >= 0.6 is 23.1 Å². The van der Waals surface area contributed by atoms with Crippen LogP contribution in [0, 0.1) is 11.3 Å². The fraction of sp³-hybridized carbons (Fsp3) is 0.273. The lowest BCUT2D eigenvalue weighted by Gasteiger charge is -2.11. The standard InChI is InChI=1S/C22H19N5OS2/c1-13(20(28)24-21-16(12-23)15-7-3-5-9-18(15)30-21)29-22-26-25-19-11-10-14-6-2-4-8-17(14)27(19)22/h2,4,6,8,10-11,13H,3,5,7,9H2,1H3,(H,24,28). The minimum absolute atomic E-state index is 0.132. The smallest absolute Gasteiger partial charge is 0.238 e. The molecule has 0 radical (unpaired) electrons. The van der Waals surface area contributed by atoms with Crippen molar-refractivity contribution in [1.82, 2.24) is 14.6 Å². The molecule has 1 aromatic carbocycles. The minimum atomic E-state index is -0.387. The van der Waals surface area contributed by atoms with E-state index in [0.29, 0.717) is 15.7 Å². The summed E-state index contributed by atoms with van der Waals surface area (Å²) in [6.07, 6.45) is 4.17. The van der Waals surface area contributed by atoms with E-state index in [2.05, 4.69) is 21.6 Å². The second-order valence-corrected chi connectivity index (χ2v) is 9.76. The number of aromatic nitrogens is 3. The minimum Gasteiger partial charge on any atom is -0.316 e. The highest BCUT2D eigenvalue weighted by molar-refractivity contribution is 8.00. The van der Waals surface area contributed by atoms with E-state index in [9.17, 15) is 10.1 Å². The first-order chi connectivity index (χ1) is 14.7. The molecule has 6 nitrogen and oxygen atoms in total. The number of fused-ring (bicyclic) bond motifs is 4. The van der Waals surface area contributed by atoms with E-state index in [1.807, 2.05) is 47.7 Å². The van der Waals surface area contributed by atoms with Crippen molar-refractivity contribution in [2.75, 3.05) is 5.32 Å². The lowest BCUT2D eigenvalue weighted by Crippen LogP contribution is -2.22. The Morgan fingerprint density at radius 2 is 2.07 bits per heavy atom. The zero-order chi connectivity index (χ0) is 20.7. The molecule has 0 aliphatic heterocycles. The Morgan fingerprint density at radius 3 is 2.93 bits per heavy atom. The summed E-state index contributed by atoms with van der Waals surface area (Å²) in [6.45, 7) is 1.85. The second kappa shape index (κ2) is 7.74. The Balaban J connectivity index is 1.41. The number of pyridine rings is 1. The molecule has 0 bridgehead atoms. The third kappa shape index (κ3) is 3.24. The van der Waals surface area contributed by atoms with Gasteiger partial charge in [0.2, 0.25) is 5.91 Å². The van der Waals surface area contributed by atoms with E-state index in [0.717, 1.165) is 47.8 Å². The summed E-state index contributed by atoms with van der Waals surface area (Å²) in [5, 5.41) is 23.2. The van der Waals surface area contributed by atoms with Crippen molar-refractivity contribution in [3.05, 3.63) is 52.4 Å². The fourth-order valence-electron chi connectivity index (χ4n) is 3.89. The molecule has 1 aliphatic carbocycles. The molecule has 3 aromatic heterocycles. The fourth-order valence-corrected chi connectivity index (χ4v) is 6.00. The van der Waals surface area contributed by atoms with Gasteiger partial charge in [-0.2, -0.15) is 5.26 Å². The van der Waals surface area contributed by atoms with Crippen molar-refractivity contribution in [2.45, 2.75) is 43.0 Å². The van der Waals surface area contributed by atoms with Gasteiger partial charge in [-0.3, -0.25) is 9.20 Å². The highest BCUT2D eigenvalue weighted by atomic mass is 32.2. The number of hydrogen-bond donors (Lipinski definition) is 1. The number of hydrogen-bond acceptors (Lipinski definition) is 6. The zero-order valence-electron chi connectivity index (χ0n) is 16.4. The topological polar surface area (TPSA) is 83.1 Å². The van der Waals surface area contributed by atoms with Crippen LogP contribution in [0.15, 0.2) is 41.6 Å². The maximum absolute atomic E-state index is 12.9. The van der Waals surface area contributed by atoms with Crippen LogP contribution < -0.4 is 5.32 Å². The van der Waals surface area contributed by atoms with Gasteiger partial charge < -0.3 is 5.32 Å². The Labute approximate surface area is 181 Å². The SMILES string of the molecule is CC(Sc1nnc2ccc3ccccc3n12)C(=O)Nc1sc2c(c1C#N)CCCC2. The Morgan fingerprint density at radius 1 is 1.23 bits per heavy atom. The van der Waals surface area contributed by atoms with Gasteiger partial charge in [-0.25, -0.2) is 0 Å². The van der Waals surface area contributed by atoms with Gasteiger partial charge in [0, 0.05) is 4.88 Å².